The highest BCUT2D eigenvalue weighted by Gasteiger charge is 2.24. The van der Waals surface area contributed by atoms with Crippen LogP contribution in [0.15, 0.2) is 5.38 Å². The predicted octanol–water partition coefficient (Wildman–Crippen LogP) is 3.33. The van der Waals surface area contributed by atoms with Crippen molar-refractivity contribution >= 4 is 22.4 Å². The highest BCUT2D eigenvalue weighted by atomic mass is 32.1. The largest absolute Gasteiger partial charge is 0.461 e. The highest BCUT2D eigenvalue weighted by Crippen LogP contribution is 2.30. The third-order valence-corrected chi connectivity index (χ3v) is 4.74. The van der Waals surface area contributed by atoms with Gasteiger partial charge in [0.25, 0.3) is 0 Å². The minimum Gasteiger partial charge on any atom is -0.461 e. The number of carbonyl (C=O) groups excluding carboxylic acids is 1. The molecule has 1 aliphatic carbocycles. The van der Waals surface area contributed by atoms with Gasteiger partial charge in [0.2, 0.25) is 0 Å². The molecule has 4 nitrogen and oxygen atoms in total. The first-order valence-corrected chi connectivity index (χ1v) is 7.85. The summed E-state index contributed by atoms with van der Waals surface area (Å²) < 4.78 is 4.97. The lowest BCUT2D eigenvalue weighted by molar-refractivity contribution is 0.0520. The first-order chi connectivity index (χ1) is 9.11. The summed E-state index contributed by atoms with van der Waals surface area (Å²) in [5, 5.41) is 2.71. The van der Waals surface area contributed by atoms with E-state index in [0.717, 1.165) is 11.0 Å². The predicted molar refractivity (Wildman–Crippen MR) is 77.9 cm³/mol. The Morgan fingerprint density at radius 1 is 1.47 bits per heavy atom. The van der Waals surface area contributed by atoms with Gasteiger partial charge in [-0.25, -0.2) is 9.78 Å². The van der Waals surface area contributed by atoms with Crippen molar-refractivity contribution in [2.75, 3.05) is 18.6 Å². The maximum atomic E-state index is 11.6. The van der Waals surface area contributed by atoms with E-state index in [1.807, 2.05) is 0 Å². The number of carbonyl (C=O) groups is 1. The summed E-state index contributed by atoms with van der Waals surface area (Å²) in [4.78, 5) is 18.2. The average molecular weight is 282 g/mol. The zero-order chi connectivity index (χ0) is 13.8. The number of thiazole rings is 1. The van der Waals surface area contributed by atoms with E-state index >= 15 is 0 Å². The molecule has 0 spiro atoms. The van der Waals surface area contributed by atoms with Gasteiger partial charge in [-0.05, 0) is 38.5 Å². The smallest absolute Gasteiger partial charge is 0.357 e. The van der Waals surface area contributed by atoms with E-state index in [1.54, 1.807) is 12.3 Å². The Bertz CT molecular complexity index is 425. The van der Waals surface area contributed by atoms with Crippen molar-refractivity contribution in [1.29, 1.82) is 0 Å². The molecule has 0 unspecified atom stereocenters. The van der Waals surface area contributed by atoms with E-state index in [-0.39, 0.29) is 5.97 Å². The normalized spacial score (nSPS) is 23.1. The lowest BCUT2D eigenvalue weighted by atomic mass is 9.87. The number of hydrogen-bond donors (Lipinski definition) is 0. The fourth-order valence-corrected chi connectivity index (χ4v) is 3.34. The number of ether oxygens (including phenoxy) is 1. The number of rotatable bonds is 4. The molecule has 0 amide bonds. The minimum atomic E-state index is -0.323. The van der Waals surface area contributed by atoms with Crippen LogP contribution in [0.1, 0.15) is 50.0 Å². The zero-order valence-electron chi connectivity index (χ0n) is 11.9. The molecule has 0 aromatic carbocycles. The summed E-state index contributed by atoms with van der Waals surface area (Å²) >= 11 is 1.52. The maximum Gasteiger partial charge on any atom is 0.357 e. The van der Waals surface area contributed by atoms with Gasteiger partial charge >= 0.3 is 5.97 Å². The van der Waals surface area contributed by atoms with Crippen LogP contribution in [0.5, 0.6) is 0 Å². The Labute approximate surface area is 118 Å². The van der Waals surface area contributed by atoms with Crippen molar-refractivity contribution in [2.45, 2.75) is 45.6 Å². The summed E-state index contributed by atoms with van der Waals surface area (Å²) in [7, 11) is 2.08. The van der Waals surface area contributed by atoms with Gasteiger partial charge in [-0.2, -0.15) is 0 Å². The fourth-order valence-electron chi connectivity index (χ4n) is 2.51. The van der Waals surface area contributed by atoms with E-state index in [2.05, 4.69) is 23.9 Å². The first-order valence-electron chi connectivity index (χ1n) is 6.97. The Morgan fingerprint density at radius 3 is 2.79 bits per heavy atom. The molecule has 5 heteroatoms. The van der Waals surface area contributed by atoms with Crippen LogP contribution in [-0.4, -0.2) is 30.6 Å². The molecule has 1 heterocycles. The number of esters is 1. The van der Waals surface area contributed by atoms with Crippen molar-refractivity contribution in [3.05, 3.63) is 11.1 Å². The second-order valence-electron chi connectivity index (χ2n) is 5.26. The molecular formula is C14H22N2O2S. The minimum absolute atomic E-state index is 0.323. The summed E-state index contributed by atoms with van der Waals surface area (Å²) in [6.45, 7) is 4.51. The van der Waals surface area contributed by atoms with Crippen LogP contribution in [0.4, 0.5) is 5.13 Å². The molecule has 19 heavy (non-hydrogen) atoms. The summed E-state index contributed by atoms with van der Waals surface area (Å²) in [6, 6.07) is 0.553. The van der Waals surface area contributed by atoms with Gasteiger partial charge in [-0.1, -0.05) is 6.92 Å². The zero-order valence-corrected chi connectivity index (χ0v) is 12.7. The topological polar surface area (TPSA) is 42.4 Å². The number of nitrogens with zero attached hydrogens (tertiary/aromatic N) is 2. The quantitative estimate of drug-likeness (QED) is 0.794. The number of aromatic nitrogens is 1. The molecule has 2 rings (SSSR count). The molecule has 1 saturated carbocycles. The van der Waals surface area contributed by atoms with Crippen LogP contribution in [0.3, 0.4) is 0 Å². The van der Waals surface area contributed by atoms with Gasteiger partial charge in [0, 0.05) is 18.5 Å². The molecule has 1 fully saturated rings. The van der Waals surface area contributed by atoms with Gasteiger partial charge in [0.15, 0.2) is 10.8 Å². The van der Waals surface area contributed by atoms with E-state index in [4.69, 9.17) is 4.74 Å². The Kier molecular flexibility index (Phi) is 4.80. The Balaban J connectivity index is 1.99. The van der Waals surface area contributed by atoms with E-state index in [1.165, 1.54) is 37.0 Å². The maximum absolute atomic E-state index is 11.6. The SMILES string of the molecule is CCOC(=O)c1csc(N(C)C2CCC(C)CC2)n1. The molecule has 0 bridgehead atoms. The van der Waals surface area contributed by atoms with Crippen LogP contribution in [0, 0.1) is 5.92 Å². The van der Waals surface area contributed by atoms with Crippen molar-refractivity contribution < 1.29 is 9.53 Å². The molecule has 0 atom stereocenters. The van der Waals surface area contributed by atoms with Crippen LogP contribution in [0.25, 0.3) is 0 Å². The molecule has 1 aliphatic rings. The molecule has 1 aromatic rings. The fraction of sp³-hybridized carbons (Fsp3) is 0.714. The molecule has 106 valence electrons. The lowest BCUT2D eigenvalue weighted by Crippen LogP contribution is -2.34. The second-order valence-corrected chi connectivity index (χ2v) is 6.10. The summed E-state index contributed by atoms with van der Waals surface area (Å²) in [5.41, 5.74) is 0.429. The second kappa shape index (κ2) is 6.37. The van der Waals surface area contributed by atoms with E-state index in [9.17, 15) is 4.79 Å². The molecule has 0 radical (unpaired) electrons. The average Bonchev–Trinajstić information content (AvgIpc) is 2.89. The Morgan fingerprint density at radius 2 is 2.16 bits per heavy atom. The molecule has 0 N–H and O–H groups in total. The monoisotopic (exact) mass is 282 g/mol. The standard InChI is InChI=1S/C14H22N2O2S/c1-4-18-13(17)12-9-19-14(15-12)16(3)11-7-5-10(2)6-8-11/h9-11H,4-8H2,1-3H3. The van der Waals surface area contributed by atoms with Crippen LogP contribution in [0.2, 0.25) is 0 Å². The van der Waals surface area contributed by atoms with Gasteiger partial charge < -0.3 is 9.64 Å². The van der Waals surface area contributed by atoms with E-state index < -0.39 is 0 Å². The number of hydrogen-bond acceptors (Lipinski definition) is 5. The van der Waals surface area contributed by atoms with Gasteiger partial charge in [-0.15, -0.1) is 11.3 Å². The van der Waals surface area contributed by atoms with Crippen LogP contribution >= 0.6 is 11.3 Å². The lowest BCUT2D eigenvalue weighted by Gasteiger charge is -2.33. The molecule has 0 aliphatic heterocycles. The summed E-state index contributed by atoms with van der Waals surface area (Å²) in [6.07, 6.45) is 4.99. The van der Waals surface area contributed by atoms with Crippen molar-refractivity contribution in [3.8, 4) is 0 Å². The van der Waals surface area contributed by atoms with Crippen molar-refractivity contribution in [3.63, 3.8) is 0 Å². The number of anilines is 1. The molecular weight excluding hydrogens is 260 g/mol. The molecule has 1 aromatic heterocycles. The summed E-state index contributed by atoms with van der Waals surface area (Å²) in [5.74, 6) is 0.520. The van der Waals surface area contributed by atoms with E-state index in [0.29, 0.717) is 18.3 Å². The van der Waals surface area contributed by atoms with Crippen LogP contribution < -0.4 is 4.90 Å². The van der Waals surface area contributed by atoms with Gasteiger partial charge in [-0.3, -0.25) is 0 Å². The third kappa shape index (κ3) is 3.47. The van der Waals surface area contributed by atoms with Gasteiger partial charge in [0.05, 0.1) is 6.61 Å². The van der Waals surface area contributed by atoms with Crippen molar-refractivity contribution in [1.82, 2.24) is 4.98 Å². The van der Waals surface area contributed by atoms with Crippen LogP contribution in [-0.2, 0) is 4.74 Å². The van der Waals surface area contributed by atoms with Crippen molar-refractivity contribution in [2.24, 2.45) is 5.92 Å². The third-order valence-electron chi connectivity index (χ3n) is 3.81. The Hall–Kier alpha value is -1.10. The molecule has 0 saturated heterocycles. The highest BCUT2D eigenvalue weighted by molar-refractivity contribution is 7.13. The first kappa shape index (κ1) is 14.3. The van der Waals surface area contributed by atoms with Gasteiger partial charge in [0.1, 0.15) is 0 Å².